The van der Waals surface area contributed by atoms with Crippen LogP contribution in [-0.2, 0) is 14.8 Å². The molecule has 31 heavy (non-hydrogen) atoms. The number of nitrogens with zero attached hydrogens (tertiary/aromatic N) is 3. The summed E-state index contributed by atoms with van der Waals surface area (Å²) in [6, 6.07) is 16.5. The molecule has 0 N–H and O–H groups in total. The fraction of sp³-hybridized carbons (Fsp3) is 0.182. The molecule has 4 aromatic rings. The first-order valence-corrected chi connectivity index (χ1v) is 11.8. The Morgan fingerprint density at radius 1 is 1.13 bits per heavy atom. The van der Waals surface area contributed by atoms with Crippen LogP contribution in [0.15, 0.2) is 71.2 Å². The Morgan fingerprint density at radius 3 is 2.55 bits per heavy atom. The van der Waals surface area contributed by atoms with Crippen molar-refractivity contribution in [2.24, 2.45) is 0 Å². The van der Waals surface area contributed by atoms with Crippen LogP contribution in [0.5, 0.6) is 0 Å². The maximum absolute atomic E-state index is 13.2. The predicted molar refractivity (Wildman–Crippen MR) is 120 cm³/mol. The number of esters is 1. The third kappa shape index (κ3) is 3.76. The fourth-order valence-corrected chi connectivity index (χ4v) is 6.05. The predicted octanol–water partition coefficient (Wildman–Crippen LogP) is 4.26. The molecule has 2 aromatic heterocycles. The quantitative estimate of drug-likeness (QED) is 0.406. The van der Waals surface area contributed by atoms with Crippen molar-refractivity contribution in [2.45, 2.75) is 17.9 Å². The van der Waals surface area contributed by atoms with Gasteiger partial charge in [-0.25, -0.2) is 18.2 Å². The van der Waals surface area contributed by atoms with Gasteiger partial charge in [0.1, 0.15) is 16.1 Å². The van der Waals surface area contributed by atoms with Gasteiger partial charge >= 0.3 is 5.97 Å². The molecule has 0 aliphatic heterocycles. The first-order chi connectivity index (χ1) is 14.8. The molecule has 1 atom stereocenters. The maximum atomic E-state index is 13.2. The SMILES string of the molecule is COC(=O)c1sccc1S(=O)(=O)N(C)[C@H](C)c1ccc(-n2cnc3ccccc32)cc1. The van der Waals surface area contributed by atoms with Crippen LogP contribution >= 0.6 is 11.3 Å². The number of carbonyl (C=O) groups excluding carboxylic acids is 1. The monoisotopic (exact) mass is 455 g/mol. The van der Waals surface area contributed by atoms with Crippen molar-refractivity contribution >= 4 is 38.4 Å². The molecule has 0 amide bonds. The van der Waals surface area contributed by atoms with Gasteiger partial charge < -0.3 is 4.74 Å². The van der Waals surface area contributed by atoms with Gasteiger partial charge in [0, 0.05) is 18.8 Å². The highest BCUT2D eigenvalue weighted by Gasteiger charge is 2.31. The average Bonchev–Trinajstić information content (AvgIpc) is 3.45. The molecule has 4 rings (SSSR count). The highest BCUT2D eigenvalue weighted by Crippen LogP contribution is 2.31. The third-order valence-electron chi connectivity index (χ3n) is 5.31. The minimum absolute atomic E-state index is 0.0415. The standard InChI is InChI=1S/C22H21N3O4S2/c1-15(24(2)31(27,28)20-12-13-30-21(20)22(26)29-3)16-8-10-17(11-9-16)25-14-23-18-6-4-5-7-19(18)25/h4-15H,1-3H3/t15-/m1/s1. The molecule has 0 saturated heterocycles. The zero-order valence-electron chi connectivity index (χ0n) is 17.2. The van der Waals surface area contributed by atoms with Crippen LogP contribution < -0.4 is 0 Å². The molecule has 0 aliphatic carbocycles. The van der Waals surface area contributed by atoms with E-state index in [4.69, 9.17) is 4.74 Å². The second-order valence-electron chi connectivity index (χ2n) is 7.00. The number of sulfonamides is 1. The smallest absolute Gasteiger partial charge is 0.349 e. The topological polar surface area (TPSA) is 81.5 Å². The van der Waals surface area contributed by atoms with Crippen molar-refractivity contribution in [3.05, 3.63) is 76.7 Å². The summed E-state index contributed by atoms with van der Waals surface area (Å²) in [4.78, 5) is 16.4. The zero-order chi connectivity index (χ0) is 22.2. The minimum Gasteiger partial charge on any atom is -0.465 e. The Balaban J connectivity index is 1.61. The van der Waals surface area contributed by atoms with Gasteiger partial charge in [-0.05, 0) is 48.2 Å². The molecule has 2 heterocycles. The molecule has 0 fully saturated rings. The van der Waals surface area contributed by atoms with Gasteiger partial charge in [0.05, 0.1) is 18.1 Å². The van der Waals surface area contributed by atoms with E-state index in [-0.39, 0.29) is 9.77 Å². The lowest BCUT2D eigenvalue weighted by Crippen LogP contribution is -2.30. The normalized spacial score (nSPS) is 12.9. The number of hydrogen-bond acceptors (Lipinski definition) is 6. The average molecular weight is 456 g/mol. The van der Waals surface area contributed by atoms with E-state index in [0.717, 1.165) is 33.6 Å². The van der Waals surface area contributed by atoms with E-state index in [0.29, 0.717) is 0 Å². The van der Waals surface area contributed by atoms with Crippen LogP contribution in [0.4, 0.5) is 0 Å². The Morgan fingerprint density at radius 2 is 1.84 bits per heavy atom. The Labute approximate surface area is 184 Å². The van der Waals surface area contributed by atoms with Gasteiger partial charge in [-0.1, -0.05) is 24.3 Å². The summed E-state index contributed by atoms with van der Waals surface area (Å²) in [6.45, 7) is 1.81. The van der Waals surface area contributed by atoms with Crippen molar-refractivity contribution in [1.29, 1.82) is 0 Å². The number of hydrogen-bond donors (Lipinski definition) is 0. The van der Waals surface area contributed by atoms with E-state index in [2.05, 4.69) is 4.98 Å². The Hall–Kier alpha value is -3.01. The number of benzene rings is 2. The highest BCUT2D eigenvalue weighted by atomic mass is 32.2. The lowest BCUT2D eigenvalue weighted by Gasteiger charge is -2.25. The molecule has 0 aliphatic rings. The molecular formula is C22H21N3O4S2. The summed E-state index contributed by atoms with van der Waals surface area (Å²) in [6.07, 6.45) is 1.77. The minimum atomic E-state index is -3.88. The molecule has 0 saturated carbocycles. The second kappa shape index (κ2) is 8.26. The first-order valence-electron chi connectivity index (χ1n) is 9.51. The molecule has 0 bridgehead atoms. The fourth-order valence-electron chi connectivity index (χ4n) is 3.39. The number of rotatable bonds is 6. The molecule has 0 radical (unpaired) electrons. The summed E-state index contributed by atoms with van der Waals surface area (Å²) in [5, 5.41) is 1.57. The van der Waals surface area contributed by atoms with Gasteiger partial charge in [-0.3, -0.25) is 4.57 Å². The van der Waals surface area contributed by atoms with Gasteiger partial charge in [-0.15, -0.1) is 11.3 Å². The number of aromatic nitrogens is 2. The molecular weight excluding hydrogens is 434 g/mol. The summed E-state index contributed by atoms with van der Waals surface area (Å²) >= 11 is 1.05. The van der Waals surface area contributed by atoms with Crippen LogP contribution in [0.25, 0.3) is 16.7 Å². The lowest BCUT2D eigenvalue weighted by molar-refractivity contribution is 0.0602. The molecule has 9 heteroatoms. The molecule has 0 unspecified atom stereocenters. The van der Waals surface area contributed by atoms with Gasteiger partial charge in [0.15, 0.2) is 0 Å². The van der Waals surface area contributed by atoms with E-state index in [9.17, 15) is 13.2 Å². The van der Waals surface area contributed by atoms with Crippen molar-refractivity contribution in [2.75, 3.05) is 14.2 Å². The van der Waals surface area contributed by atoms with E-state index >= 15 is 0 Å². The van der Waals surface area contributed by atoms with Gasteiger partial charge in [-0.2, -0.15) is 4.31 Å². The van der Waals surface area contributed by atoms with E-state index in [1.165, 1.54) is 24.5 Å². The number of methoxy groups -OCH3 is 1. The van der Waals surface area contributed by atoms with Crippen LogP contribution in [0.1, 0.15) is 28.2 Å². The molecule has 2 aromatic carbocycles. The van der Waals surface area contributed by atoms with Crippen molar-refractivity contribution in [1.82, 2.24) is 13.9 Å². The number of carbonyl (C=O) groups is 1. The summed E-state index contributed by atoms with van der Waals surface area (Å²) in [7, 11) is -1.14. The number of thiophene rings is 1. The zero-order valence-corrected chi connectivity index (χ0v) is 18.9. The molecule has 7 nitrogen and oxygen atoms in total. The van der Waals surface area contributed by atoms with E-state index in [1.54, 1.807) is 11.7 Å². The molecule has 160 valence electrons. The Bertz CT molecular complexity index is 1340. The van der Waals surface area contributed by atoms with Crippen molar-refractivity contribution in [3.63, 3.8) is 0 Å². The van der Waals surface area contributed by atoms with Crippen molar-refractivity contribution in [3.8, 4) is 5.69 Å². The van der Waals surface area contributed by atoms with Crippen molar-refractivity contribution < 1.29 is 17.9 Å². The van der Waals surface area contributed by atoms with E-state index < -0.39 is 22.0 Å². The van der Waals surface area contributed by atoms with E-state index in [1.807, 2.05) is 60.0 Å². The van der Waals surface area contributed by atoms with Gasteiger partial charge in [0.2, 0.25) is 10.0 Å². The maximum Gasteiger partial charge on any atom is 0.349 e. The first kappa shape index (κ1) is 21.2. The third-order valence-corrected chi connectivity index (χ3v) is 8.30. The summed E-state index contributed by atoms with van der Waals surface area (Å²) in [5.74, 6) is -0.661. The highest BCUT2D eigenvalue weighted by molar-refractivity contribution is 7.89. The number of fused-ring (bicyclic) bond motifs is 1. The molecule has 0 spiro atoms. The number of imidazole rings is 1. The number of ether oxygens (including phenoxy) is 1. The lowest BCUT2D eigenvalue weighted by atomic mass is 10.1. The Kier molecular flexibility index (Phi) is 5.65. The van der Waals surface area contributed by atoms with Crippen LogP contribution in [0, 0.1) is 0 Å². The number of para-hydroxylation sites is 2. The summed E-state index contributed by atoms with van der Waals surface area (Å²) < 4.78 is 34.3. The van der Waals surface area contributed by atoms with Gasteiger partial charge in [0.25, 0.3) is 0 Å². The second-order valence-corrected chi connectivity index (χ2v) is 9.88. The largest absolute Gasteiger partial charge is 0.465 e. The summed E-state index contributed by atoms with van der Waals surface area (Å²) in [5.41, 5.74) is 3.66. The van der Waals surface area contributed by atoms with Crippen LogP contribution in [0.3, 0.4) is 0 Å². The van der Waals surface area contributed by atoms with Crippen LogP contribution in [-0.4, -0.2) is 42.4 Å². The van der Waals surface area contributed by atoms with Crippen LogP contribution in [0.2, 0.25) is 0 Å².